The van der Waals surface area contributed by atoms with Crippen molar-refractivity contribution in [3.8, 4) is 11.4 Å². The van der Waals surface area contributed by atoms with Gasteiger partial charge in [0.15, 0.2) is 0 Å². The number of amides is 1. The van der Waals surface area contributed by atoms with Crippen LogP contribution in [0.2, 0.25) is 5.02 Å². The number of nitrogens with zero attached hydrogens (tertiary/aromatic N) is 3. The standard InChI is InChI=1S/C21H26ClN3O2/c22-18-9-3-7-16(13-18)20-23-21(27-24-20)17-8-4-12-25(14-17)19(26)11-10-15-5-1-2-6-15/h3,7,9,13,15,17H,1-2,4-6,8,10-12,14H2. The molecular formula is C21H26ClN3O2. The highest BCUT2D eigenvalue weighted by molar-refractivity contribution is 6.30. The molecule has 5 nitrogen and oxygen atoms in total. The fraction of sp³-hybridized carbons (Fsp3) is 0.571. The van der Waals surface area contributed by atoms with Crippen molar-refractivity contribution in [3.05, 3.63) is 35.2 Å². The van der Waals surface area contributed by atoms with Gasteiger partial charge in [-0.05, 0) is 37.3 Å². The van der Waals surface area contributed by atoms with E-state index in [1.807, 2.05) is 29.2 Å². The summed E-state index contributed by atoms with van der Waals surface area (Å²) in [4.78, 5) is 19.2. The minimum absolute atomic E-state index is 0.120. The van der Waals surface area contributed by atoms with Crippen LogP contribution in [0.1, 0.15) is 63.2 Å². The van der Waals surface area contributed by atoms with Gasteiger partial charge in [-0.1, -0.05) is 54.6 Å². The minimum Gasteiger partial charge on any atom is -0.342 e. The lowest BCUT2D eigenvalue weighted by Gasteiger charge is -2.31. The van der Waals surface area contributed by atoms with E-state index < -0.39 is 0 Å². The molecule has 1 saturated heterocycles. The minimum atomic E-state index is 0.120. The predicted octanol–water partition coefficient (Wildman–Crippen LogP) is 5.07. The van der Waals surface area contributed by atoms with Crippen molar-refractivity contribution < 1.29 is 9.32 Å². The Labute approximate surface area is 165 Å². The first-order valence-corrected chi connectivity index (χ1v) is 10.4. The van der Waals surface area contributed by atoms with Gasteiger partial charge in [0.1, 0.15) is 0 Å². The Morgan fingerprint density at radius 3 is 2.89 bits per heavy atom. The van der Waals surface area contributed by atoms with E-state index in [2.05, 4.69) is 10.1 Å². The van der Waals surface area contributed by atoms with Crippen LogP contribution in [0.25, 0.3) is 11.4 Å². The summed E-state index contributed by atoms with van der Waals surface area (Å²) in [5.74, 6) is 2.33. The Kier molecular flexibility index (Phi) is 5.77. The molecule has 0 spiro atoms. The number of hydrogen-bond donors (Lipinski definition) is 0. The van der Waals surface area contributed by atoms with Gasteiger partial charge >= 0.3 is 0 Å². The van der Waals surface area contributed by atoms with Crippen LogP contribution in [-0.2, 0) is 4.79 Å². The third kappa shape index (κ3) is 4.52. The van der Waals surface area contributed by atoms with E-state index in [0.717, 1.165) is 37.3 Å². The maximum absolute atomic E-state index is 12.6. The molecule has 2 aromatic rings. The number of rotatable bonds is 5. The molecule has 2 fully saturated rings. The SMILES string of the molecule is O=C(CCC1CCCC1)N1CCCC(c2nc(-c3cccc(Cl)c3)no2)C1. The summed E-state index contributed by atoms with van der Waals surface area (Å²) in [5.41, 5.74) is 0.845. The van der Waals surface area contributed by atoms with Gasteiger partial charge in [0, 0.05) is 30.1 Å². The van der Waals surface area contributed by atoms with Gasteiger partial charge in [0.05, 0.1) is 5.92 Å². The van der Waals surface area contributed by atoms with Gasteiger partial charge in [0.25, 0.3) is 0 Å². The Morgan fingerprint density at radius 1 is 1.22 bits per heavy atom. The van der Waals surface area contributed by atoms with Crippen molar-refractivity contribution in [2.24, 2.45) is 5.92 Å². The number of aromatic nitrogens is 2. The zero-order valence-electron chi connectivity index (χ0n) is 15.6. The van der Waals surface area contributed by atoms with Crippen LogP contribution >= 0.6 is 11.6 Å². The number of hydrogen-bond acceptors (Lipinski definition) is 4. The van der Waals surface area contributed by atoms with E-state index in [1.165, 1.54) is 25.7 Å². The quantitative estimate of drug-likeness (QED) is 0.718. The topological polar surface area (TPSA) is 59.2 Å². The van der Waals surface area contributed by atoms with Gasteiger partial charge in [-0.25, -0.2) is 0 Å². The molecule has 1 aliphatic carbocycles. The molecule has 0 radical (unpaired) electrons. The van der Waals surface area contributed by atoms with Crippen molar-refractivity contribution in [2.75, 3.05) is 13.1 Å². The lowest BCUT2D eigenvalue weighted by Crippen LogP contribution is -2.39. The van der Waals surface area contributed by atoms with E-state index >= 15 is 0 Å². The lowest BCUT2D eigenvalue weighted by atomic mass is 9.96. The van der Waals surface area contributed by atoms with Gasteiger partial charge in [0.2, 0.25) is 17.6 Å². The van der Waals surface area contributed by atoms with E-state index in [4.69, 9.17) is 16.1 Å². The van der Waals surface area contributed by atoms with Crippen LogP contribution in [0.3, 0.4) is 0 Å². The summed E-state index contributed by atoms with van der Waals surface area (Å²) >= 11 is 6.05. The molecule has 1 saturated carbocycles. The predicted molar refractivity (Wildman–Crippen MR) is 104 cm³/mol. The van der Waals surface area contributed by atoms with Crippen LogP contribution in [0.4, 0.5) is 0 Å². The molecule has 6 heteroatoms. The van der Waals surface area contributed by atoms with Crippen molar-refractivity contribution >= 4 is 17.5 Å². The maximum Gasteiger partial charge on any atom is 0.231 e. The number of piperidine rings is 1. The third-order valence-electron chi connectivity index (χ3n) is 5.89. The normalized spacial score (nSPS) is 20.9. The van der Waals surface area contributed by atoms with E-state index in [9.17, 15) is 4.79 Å². The van der Waals surface area contributed by atoms with Gasteiger partial charge in [-0.3, -0.25) is 4.79 Å². The van der Waals surface area contributed by atoms with Crippen LogP contribution in [0.15, 0.2) is 28.8 Å². The van der Waals surface area contributed by atoms with Crippen molar-refractivity contribution in [1.29, 1.82) is 0 Å². The molecule has 1 unspecified atom stereocenters. The summed E-state index contributed by atoms with van der Waals surface area (Å²) in [7, 11) is 0. The Bertz CT molecular complexity index is 785. The summed E-state index contributed by atoms with van der Waals surface area (Å²) in [6.45, 7) is 1.52. The molecule has 1 amide bonds. The van der Waals surface area contributed by atoms with E-state index in [1.54, 1.807) is 0 Å². The van der Waals surface area contributed by atoms with E-state index in [0.29, 0.717) is 29.7 Å². The fourth-order valence-electron chi connectivity index (χ4n) is 4.34. The Hall–Kier alpha value is -1.88. The number of carbonyl (C=O) groups excluding carboxylic acids is 1. The number of likely N-dealkylation sites (tertiary alicyclic amines) is 1. The second-order valence-corrected chi connectivity index (χ2v) is 8.27. The molecule has 0 N–H and O–H groups in total. The summed E-state index contributed by atoms with van der Waals surface area (Å²) in [6.07, 6.45) is 8.93. The van der Waals surface area contributed by atoms with Gasteiger partial charge < -0.3 is 9.42 Å². The molecule has 1 aliphatic heterocycles. The second kappa shape index (κ2) is 8.42. The molecule has 1 atom stereocenters. The molecule has 2 aliphatic rings. The van der Waals surface area contributed by atoms with Gasteiger partial charge in [-0.15, -0.1) is 0 Å². The highest BCUT2D eigenvalue weighted by Gasteiger charge is 2.29. The van der Waals surface area contributed by atoms with Crippen molar-refractivity contribution in [2.45, 2.75) is 57.3 Å². The first-order chi connectivity index (χ1) is 13.2. The number of halogens is 1. The average Bonchev–Trinajstić information content (AvgIpc) is 3.38. The average molecular weight is 388 g/mol. The highest BCUT2D eigenvalue weighted by Crippen LogP contribution is 2.31. The van der Waals surface area contributed by atoms with Crippen molar-refractivity contribution in [3.63, 3.8) is 0 Å². The second-order valence-electron chi connectivity index (χ2n) is 7.83. The van der Waals surface area contributed by atoms with E-state index in [-0.39, 0.29) is 11.8 Å². The largest absolute Gasteiger partial charge is 0.342 e. The fourth-order valence-corrected chi connectivity index (χ4v) is 4.53. The summed E-state index contributed by atoms with van der Waals surface area (Å²) < 4.78 is 5.53. The summed E-state index contributed by atoms with van der Waals surface area (Å²) in [5, 5.41) is 4.76. The Balaban J connectivity index is 1.37. The highest BCUT2D eigenvalue weighted by atomic mass is 35.5. The van der Waals surface area contributed by atoms with Crippen LogP contribution < -0.4 is 0 Å². The maximum atomic E-state index is 12.6. The molecule has 4 rings (SSSR count). The monoisotopic (exact) mass is 387 g/mol. The zero-order chi connectivity index (χ0) is 18.6. The van der Waals surface area contributed by atoms with Gasteiger partial charge in [-0.2, -0.15) is 4.98 Å². The Morgan fingerprint density at radius 2 is 2.07 bits per heavy atom. The van der Waals surface area contributed by atoms with Crippen LogP contribution in [0.5, 0.6) is 0 Å². The molecule has 0 bridgehead atoms. The molecule has 2 heterocycles. The molecule has 144 valence electrons. The smallest absolute Gasteiger partial charge is 0.231 e. The third-order valence-corrected chi connectivity index (χ3v) is 6.12. The first-order valence-electron chi connectivity index (χ1n) is 10.1. The molecule has 1 aromatic heterocycles. The zero-order valence-corrected chi connectivity index (χ0v) is 16.3. The number of benzene rings is 1. The lowest BCUT2D eigenvalue weighted by molar-refractivity contribution is -0.132. The molecule has 27 heavy (non-hydrogen) atoms. The summed E-state index contributed by atoms with van der Waals surface area (Å²) in [6, 6.07) is 7.44. The number of carbonyl (C=O) groups is 1. The molecular weight excluding hydrogens is 362 g/mol. The van der Waals surface area contributed by atoms with Crippen LogP contribution in [-0.4, -0.2) is 34.0 Å². The first kappa shape index (κ1) is 18.5. The van der Waals surface area contributed by atoms with Crippen molar-refractivity contribution in [1.82, 2.24) is 15.0 Å². The van der Waals surface area contributed by atoms with Crippen LogP contribution in [0, 0.1) is 5.92 Å². The molecule has 1 aromatic carbocycles.